The highest BCUT2D eigenvalue weighted by Gasteiger charge is 2.15. The van der Waals surface area contributed by atoms with Gasteiger partial charge in [0, 0.05) is 17.6 Å². The highest BCUT2D eigenvalue weighted by Crippen LogP contribution is 2.27. The highest BCUT2D eigenvalue weighted by atomic mass is 19.1. The molecule has 4 aromatic rings. The predicted molar refractivity (Wildman–Crippen MR) is 103 cm³/mol. The van der Waals surface area contributed by atoms with Crippen molar-refractivity contribution in [1.29, 1.82) is 0 Å². The van der Waals surface area contributed by atoms with Crippen molar-refractivity contribution in [1.82, 2.24) is 20.3 Å². The second-order valence-electron chi connectivity index (χ2n) is 6.59. The fraction of sp³-hybridized carbons (Fsp3) is 0.190. The van der Waals surface area contributed by atoms with Gasteiger partial charge in [0.2, 0.25) is 0 Å². The average Bonchev–Trinajstić information content (AvgIpc) is 3.02. The average molecular weight is 362 g/mol. The van der Waals surface area contributed by atoms with Crippen LogP contribution in [0.15, 0.2) is 42.6 Å². The molecule has 2 heterocycles. The van der Waals surface area contributed by atoms with Crippen LogP contribution in [0.1, 0.15) is 27.3 Å². The lowest BCUT2D eigenvalue weighted by atomic mass is 10.0. The fourth-order valence-electron chi connectivity index (χ4n) is 3.41. The Hall–Kier alpha value is -3.28. The number of carbonyl (C=O) groups is 1. The Morgan fingerprint density at radius 2 is 1.93 bits per heavy atom. The number of aromatic amines is 1. The first-order valence-corrected chi connectivity index (χ1v) is 8.81. The number of nitrogens with one attached hydrogen (secondary N) is 2. The van der Waals surface area contributed by atoms with Crippen LogP contribution < -0.4 is 5.32 Å². The number of carbonyl (C=O) groups excluding carboxylic acids is 1. The van der Waals surface area contributed by atoms with Crippen LogP contribution in [0.2, 0.25) is 0 Å². The molecule has 27 heavy (non-hydrogen) atoms. The van der Waals surface area contributed by atoms with Gasteiger partial charge in [0.25, 0.3) is 5.91 Å². The maximum absolute atomic E-state index is 14.0. The van der Waals surface area contributed by atoms with E-state index >= 15 is 0 Å². The van der Waals surface area contributed by atoms with Crippen LogP contribution in [0.25, 0.3) is 21.9 Å². The van der Waals surface area contributed by atoms with Crippen molar-refractivity contribution in [3.8, 4) is 0 Å². The molecule has 2 aromatic carbocycles. The Bertz CT molecular complexity index is 1170. The minimum Gasteiger partial charge on any atom is -0.356 e. The van der Waals surface area contributed by atoms with Gasteiger partial charge in [0.15, 0.2) is 0 Å². The Kier molecular flexibility index (Phi) is 4.32. The summed E-state index contributed by atoms with van der Waals surface area (Å²) in [7, 11) is 0. The maximum atomic E-state index is 14.0. The van der Waals surface area contributed by atoms with Gasteiger partial charge in [-0.05, 0) is 49.6 Å². The molecule has 0 aliphatic carbocycles. The van der Waals surface area contributed by atoms with Crippen LogP contribution in [0.4, 0.5) is 4.39 Å². The van der Waals surface area contributed by atoms with Crippen molar-refractivity contribution in [3.05, 3.63) is 70.9 Å². The first-order valence-electron chi connectivity index (χ1n) is 8.81. The molecule has 0 aliphatic rings. The summed E-state index contributed by atoms with van der Waals surface area (Å²) in [5.74, 6) is -0.533. The third kappa shape index (κ3) is 3.14. The molecular formula is C21H19FN4O. The molecular weight excluding hydrogens is 343 g/mol. The molecule has 0 fully saturated rings. The quantitative estimate of drug-likeness (QED) is 0.579. The lowest BCUT2D eigenvalue weighted by molar-refractivity contribution is 0.0949. The molecule has 0 bridgehead atoms. The fourth-order valence-corrected chi connectivity index (χ4v) is 3.41. The van der Waals surface area contributed by atoms with E-state index in [0.717, 1.165) is 27.7 Å². The predicted octanol–water partition coefficient (Wildman–Crippen LogP) is 3.84. The minimum absolute atomic E-state index is 0.263. The van der Waals surface area contributed by atoms with Crippen molar-refractivity contribution in [3.63, 3.8) is 0 Å². The monoisotopic (exact) mass is 362 g/mol. The largest absolute Gasteiger partial charge is 0.356 e. The Morgan fingerprint density at radius 3 is 2.74 bits per heavy atom. The SMILES string of the molecule is Cc1[nH]c2c(F)ccc(C)c2c1CCNC(=O)c1cnc2ccccc2n1. The van der Waals surface area contributed by atoms with Crippen LogP contribution in [-0.2, 0) is 6.42 Å². The summed E-state index contributed by atoms with van der Waals surface area (Å²) in [6, 6.07) is 10.7. The molecule has 0 saturated heterocycles. The standard InChI is InChI=1S/C21H19FN4O/c1-12-7-8-15(22)20-19(12)14(13(2)25-20)9-10-23-21(27)18-11-24-16-5-3-4-6-17(16)26-18/h3-8,11,25H,9-10H2,1-2H3,(H,23,27). The molecule has 0 unspecified atom stereocenters. The molecule has 136 valence electrons. The number of aromatic nitrogens is 3. The van der Waals surface area contributed by atoms with Gasteiger partial charge >= 0.3 is 0 Å². The number of aryl methyl sites for hydroxylation is 2. The van der Waals surface area contributed by atoms with E-state index < -0.39 is 0 Å². The zero-order chi connectivity index (χ0) is 19.0. The first kappa shape index (κ1) is 17.1. The van der Waals surface area contributed by atoms with Crippen LogP contribution in [0.3, 0.4) is 0 Å². The van der Waals surface area contributed by atoms with Crippen LogP contribution in [0, 0.1) is 19.7 Å². The first-order chi connectivity index (χ1) is 13.0. The van der Waals surface area contributed by atoms with Crippen molar-refractivity contribution in [2.24, 2.45) is 0 Å². The lowest BCUT2D eigenvalue weighted by Gasteiger charge is -2.07. The number of nitrogens with zero attached hydrogens (tertiary/aromatic N) is 2. The number of halogens is 1. The lowest BCUT2D eigenvalue weighted by Crippen LogP contribution is -2.26. The number of hydrogen-bond acceptors (Lipinski definition) is 3. The number of rotatable bonds is 4. The Morgan fingerprint density at radius 1 is 1.15 bits per heavy atom. The van der Waals surface area contributed by atoms with E-state index in [0.29, 0.717) is 24.0 Å². The second-order valence-corrected chi connectivity index (χ2v) is 6.59. The maximum Gasteiger partial charge on any atom is 0.271 e. The summed E-state index contributed by atoms with van der Waals surface area (Å²) in [6.07, 6.45) is 2.08. The molecule has 2 N–H and O–H groups in total. The van der Waals surface area contributed by atoms with E-state index in [4.69, 9.17) is 0 Å². The third-order valence-electron chi connectivity index (χ3n) is 4.77. The van der Waals surface area contributed by atoms with Gasteiger partial charge in [-0.2, -0.15) is 0 Å². The summed E-state index contributed by atoms with van der Waals surface area (Å²) < 4.78 is 14.0. The number of amides is 1. The van der Waals surface area contributed by atoms with Gasteiger partial charge in [-0.25, -0.2) is 9.37 Å². The number of fused-ring (bicyclic) bond motifs is 2. The summed E-state index contributed by atoms with van der Waals surface area (Å²) in [5.41, 5.74) is 5.19. The molecule has 0 saturated carbocycles. The van der Waals surface area contributed by atoms with Crippen molar-refractivity contribution < 1.29 is 9.18 Å². The summed E-state index contributed by atoms with van der Waals surface area (Å²) >= 11 is 0. The number of para-hydroxylation sites is 2. The molecule has 1 amide bonds. The minimum atomic E-state index is -0.270. The topological polar surface area (TPSA) is 70.7 Å². The number of benzene rings is 2. The normalized spacial score (nSPS) is 11.2. The van der Waals surface area contributed by atoms with Crippen molar-refractivity contribution in [2.75, 3.05) is 6.54 Å². The zero-order valence-electron chi connectivity index (χ0n) is 15.1. The molecule has 2 aromatic heterocycles. The molecule has 0 radical (unpaired) electrons. The van der Waals surface area contributed by atoms with E-state index in [1.165, 1.54) is 12.3 Å². The van der Waals surface area contributed by atoms with Gasteiger partial charge in [0.1, 0.15) is 11.5 Å². The molecule has 0 aliphatic heterocycles. The molecule has 0 spiro atoms. The van der Waals surface area contributed by atoms with E-state index in [1.807, 2.05) is 38.1 Å². The molecule has 5 nitrogen and oxygen atoms in total. The Balaban J connectivity index is 1.51. The summed E-state index contributed by atoms with van der Waals surface area (Å²) in [4.78, 5) is 24.1. The molecule has 4 rings (SSSR count). The molecule has 6 heteroatoms. The zero-order valence-corrected chi connectivity index (χ0v) is 15.1. The second kappa shape index (κ2) is 6.79. The third-order valence-corrected chi connectivity index (χ3v) is 4.77. The summed E-state index contributed by atoms with van der Waals surface area (Å²) in [6.45, 7) is 4.31. The van der Waals surface area contributed by atoms with Crippen LogP contribution >= 0.6 is 0 Å². The van der Waals surface area contributed by atoms with E-state index in [-0.39, 0.29) is 17.4 Å². The van der Waals surface area contributed by atoms with E-state index in [1.54, 1.807) is 6.07 Å². The van der Waals surface area contributed by atoms with Crippen molar-refractivity contribution >= 4 is 27.8 Å². The number of hydrogen-bond donors (Lipinski definition) is 2. The van der Waals surface area contributed by atoms with Crippen LogP contribution in [0.5, 0.6) is 0 Å². The Labute approximate surface area is 155 Å². The highest BCUT2D eigenvalue weighted by molar-refractivity contribution is 5.94. The number of H-pyrrole nitrogens is 1. The van der Waals surface area contributed by atoms with Gasteiger partial charge in [0.05, 0.1) is 22.7 Å². The summed E-state index contributed by atoms with van der Waals surface area (Å²) in [5, 5.41) is 3.77. The van der Waals surface area contributed by atoms with Gasteiger partial charge < -0.3 is 10.3 Å². The van der Waals surface area contributed by atoms with E-state index in [2.05, 4.69) is 20.3 Å². The van der Waals surface area contributed by atoms with Crippen LogP contribution in [-0.4, -0.2) is 27.4 Å². The van der Waals surface area contributed by atoms with Gasteiger partial charge in [-0.3, -0.25) is 9.78 Å². The van der Waals surface area contributed by atoms with Gasteiger partial charge in [-0.15, -0.1) is 0 Å². The van der Waals surface area contributed by atoms with E-state index in [9.17, 15) is 9.18 Å². The van der Waals surface area contributed by atoms with Crippen molar-refractivity contribution in [2.45, 2.75) is 20.3 Å². The van der Waals surface area contributed by atoms with Gasteiger partial charge in [-0.1, -0.05) is 18.2 Å². The smallest absolute Gasteiger partial charge is 0.271 e. The molecule has 0 atom stereocenters.